The summed E-state index contributed by atoms with van der Waals surface area (Å²) in [6.45, 7) is 0. The average molecular weight is 611 g/mol. The van der Waals surface area contributed by atoms with Crippen molar-refractivity contribution in [3.63, 3.8) is 0 Å². The third-order valence-corrected chi connectivity index (χ3v) is 10.2. The topological polar surface area (TPSA) is 26.3 Å². The Balaban J connectivity index is 1.29. The minimum absolute atomic E-state index is 0.843. The smallest absolute Gasteiger partial charge is 0.147 e. The zero-order valence-corrected chi connectivity index (χ0v) is 25.8. The molecule has 0 saturated carbocycles. The zero-order chi connectivity index (χ0) is 31.3. The number of para-hydroxylation sites is 1. The predicted octanol–water partition coefficient (Wildman–Crippen LogP) is 13.4. The molecule has 0 unspecified atom stereocenters. The maximum absolute atomic E-state index is 6.72. The van der Waals surface area contributed by atoms with E-state index >= 15 is 0 Å². The first kappa shape index (κ1) is 25.8. The third kappa shape index (κ3) is 3.46. The van der Waals surface area contributed by atoms with E-state index in [0.717, 1.165) is 43.9 Å². The van der Waals surface area contributed by atoms with Crippen LogP contribution in [0.1, 0.15) is 0 Å². The number of rotatable bonds is 3. The average Bonchev–Trinajstić information content (AvgIpc) is 3.72. The third-order valence-electron chi connectivity index (χ3n) is 10.2. The summed E-state index contributed by atoms with van der Waals surface area (Å²) in [5.74, 6) is 0. The van der Waals surface area contributed by atoms with Crippen molar-refractivity contribution in [1.29, 1.82) is 0 Å². The van der Waals surface area contributed by atoms with Gasteiger partial charge < -0.3 is 8.83 Å². The van der Waals surface area contributed by atoms with Gasteiger partial charge >= 0.3 is 0 Å². The van der Waals surface area contributed by atoms with Crippen molar-refractivity contribution in [2.24, 2.45) is 0 Å². The van der Waals surface area contributed by atoms with Crippen LogP contribution in [-0.2, 0) is 0 Å². The molecule has 0 amide bonds. The molecule has 0 aliphatic rings. The monoisotopic (exact) mass is 610 g/mol. The molecule has 11 aromatic rings. The van der Waals surface area contributed by atoms with Crippen molar-refractivity contribution in [3.8, 4) is 33.4 Å². The first-order valence-corrected chi connectivity index (χ1v) is 16.4. The number of furan rings is 2. The summed E-state index contributed by atoms with van der Waals surface area (Å²) in [7, 11) is 0. The highest BCUT2D eigenvalue weighted by molar-refractivity contribution is 6.35. The fourth-order valence-corrected chi connectivity index (χ4v) is 8.20. The van der Waals surface area contributed by atoms with Crippen molar-refractivity contribution in [1.82, 2.24) is 0 Å². The van der Waals surface area contributed by atoms with E-state index in [9.17, 15) is 0 Å². The van der Waals surface area contributed by atoms with E-state index in [0.29, 0.717) is 0 Å². The molecule has 0 aliphatic heterocycles. The molecular weight excluding hydrogens is 585 g/mol. The van der Waals surface area contributed by atoms with Crippen LogP contribution in [0.3, 0.4) is 0 Å². The Bertz CT molecular complexity index is 2990. The molecule has 0 N–H and O–H groups in total. The fraction of sp³-hybridized carbons (Fsp3) is 0. The van der Waals surface area contributed by atoms with Crippen LogP contribution in [-0.4, -0.2) is 0 Å². The minimum atomic E-state index is 0.843. The lowest BCUT2D eigenvalue weighted by Gasteiger charge is -2.19. The Kier molecular flexibility index (Phi) is 5.14. The minimum Gasteiger partial charge on any atom is -0.456 e. The quantitative estimate of drug-likeness (QED) is 0.147. The molecule has 11 rings (SSSR count). The second kappa shape index (κ2) is 9.57. The Hall–Kier alpha value is -6.38. The van der Waals surface area contributed by atoms with Crippen LogP contribution in [0.15, 0.2) is 167 Å². The molecule has 0 bridgehead atoms. The van der Waals surface area contributed by atoms with E-state index in [4.69, 9.17) is 8.83 Å². The molecule has 0 aliphatic carbocycles. The van der Waals surface area contributed by atoms with Crippen LogP contribution in [0.4, 0.5) is 0 Å². The molecular formula is C46H26O2. The molecule has 0 radical (unpaired) electrons. The molecule has 2 heteroatoms. The van der Waals surface area contributed by atoms with Crippen LogP contribution < -0.4 is 0 Å². The standard InChI is InChI=1S/C46H26O2/c1-2-12-27(13-3-1)28-14-10-15-29(24-28)41-31-17-4-6-19-33(31)43(34-20-7-5-18-32(34)41)36-25-30-16-11-23-39-42(30)45-37(36)26-40-44(46(45)48-39)35-21-8-9-22-38(35)47-40/h1-26H. The van der Waals surface area contributed by atoms with Gasteiger partial charge in [0.25, 0.3) is 0 Å². The highest BCUT2D eigenvalue weighted by Crippen LogP contribution is 2.51. The van der Waals surface area contributed by atoms with Crippen LogP contribution in [0, 0.1) is 0 Å². The lowest BCUT2D eigenvalue weighted by atomic mass is 9.83. The van der Waals surface area contributed by atoms with Crippen molar-refractivity contribution in [3.05, 3.63) is 158 Å². The van der Waals surface area contributed by atoms with Gasteiger partial charge in [0.15, 0.2) is 0 Å². The summed E-state index contributed by atoms with van der Waals surface area (Å²) in [6.07, 6.45) is 0. The number of benzene rings is 9. The van der Waals surface area contributed by atoms with Gasteiger partial charge in [0, 0.05) is 16.2 Å². The van der Waals surface area contributed by atoms with Gasteiger partial charge in [-0.2, -0.15) is 0 Å². The van der Waals surface area contributed by atoms with Gasteiger partial charge in [0.05, 0.1) is 5.39 Å². The maximum atomic E-state index is 6.72. The summed E-state index contributed by atoms with van der Waals surface area (Å²) < 4.78 is 13.2. The summed E-state index contributed by atoms with van der Waals surface area (Å²) in [5, 5.41) is 11.7. The van der Waals surface area contributed by atoms with Crippen molar-refractivity contribution in [2.75, 3.05) is 0 Å². The summed E-state index contributed by atoms with van der Waals surface area (Å²) in [5.41, 5.74) is 10.8. The van der Waals surface area contributed by atoms with Gasteiger partial charge in [0.1, 0.15) is 22.3 Å². The van der Waals surface area contributed by atoms with Gasteiger partial charge in [-0.15, -0.1) is 0 Å². The summed E-state index contributed by atoms with van der Waals surface area (Å²) >= 11 is 0. The predicted molar refractivity (Wildman–Crippen MR) is 201 cm³/mol. The van der Waals surface area contributed by atoms with Crippen molar-refractivity contribution < 1.29 is 8.83 Å². The molecule has 222 valence electrons. The van der Waals surface area contributed by atoms with Crippen molar-refractivity contribution in [2.45, 2.75) is 0 Å². The van der Waals surface area contributed by atoms with E-state index < -0.39 is 0 Å². The summed E-state index contributed by atoms with van der Waals surface area (Å²) in [4.78, 5) is 0. The van der Waals surface area contributed by atoms with Gasteiger partial charge in [-0.3, -0.25) is 0 Å². The molecule has 2 nitrogen and oxygen atoms in total. The number of hydrogen-bond acceptors (Lipinski definition) is 2. The highest BCUT2D eigenvalue weighted by atomic mass is 16.3. The molecule has 2 aromatic heterocycles. The van der Waals surface area contributed by atoms with Gasteiger partial charge in [-0.25, -0.2) is 0 Å². The normalized spacial score (nSPS) is 12.2. The van der Waals surface area contributed by atoms with Crippen LogP contribution in [0.25, 0.3) is 110 Å². The van der Waals surface area contributed by atoms with E-state index in [-0.39, 0.29) is 0 Å². The second-order valence-corrected chi connectivity index (χ2v) is 12.8. The lowest BCUT2D eigenvalue weighted by Crippen LogP contribution is -1.92. The zero-order valence-electron chi connectivity index (χ0n) is 25.8. The molecule has 0 fully saturated rings. The Labute approximate surface area is 275 Å². The van der Waals surface area contributed by atoms with Crippen LogP contribution in [0.2, 0.25) is 0 Å². The highest BCUT2D eigenvalue weighted by Gasteiger charge is 2.25. The number of hydrogen-bond donors (Lipinski definition) is 0. The molecule has 0 spiro atoms. The molecule has 48 heavy (non-hydrogen) atoms. The molecule has 0 atom stereocenters. The van der Waals surface area contributed by atoms with Crippen LogP contribution in [0.5, 0.6) is 0 Å². The van der Waals surface area contributed by atoms with Crippen LogP contribution >= 0.6 is 0 Å². The molecule has 2 heterocycles. The van der Waals surface area contributed by atoms with E-state index in [2.05, 4.69) is 146 Å². The second-order valence-electron chi connectivity index (χ2n) is 12.8. The van der Waals surface area contributed by atoms with E-state index in [1.165, 1.54) is 65.7 Å². The van der Waals surface area contributed by atoms with Gasteiger partial charge in [-0.1, -0.05) is 127 Å². The van der Waals surface area contributed by atoms with Gasteiger partial charge in [0.2, 0.25) is 0 Å². The van der Waals surface area contributed by atoms with E-state index in [1.807, 2.05) is 12.1 Å². The lowest BCUT2D eigenvalue weighted by molar-refractivity contribution is 0.663. The first-order chi connectivity index (χ1) is 23.8. The van der Waals surface area contributed by atoms with Crippen molar-refractivity contribution >= 4 is 76.2 Å². The van der Waals surface area contributed by atoms with Gasteiger partial charge in [-0.05, 0) is 96.0 Å². The maximum Gasteiger partial charge on any atom is 0.147 e. The fourth-order valence-electron chi connectivity index (χ4n) is 8.20. The SMILES string of the molecule is c1ccc(-c2cccc(-c3c4ccccc4c(-c4cc5cccc6oc7c8c(cc4c7c56)oc4ccccc48)c4ccccc34)c2)cc1. The molecule has 9 aromatic carbocycles. The Morgan fingerprint density at radius 1 is 0.312 bits per heavy atom. The Morgan fingerprint density at radius 2 is 0.917 bits per heavy atom. The molecule has 0 saturated heterocycles. The largest absolute Gasteiger partial charge is 0.456 e. The Morgan fingerprint density at radius 3 is 1.69 bits per heavy atom. The summed E-state index contributed by atoms with van der Waals surface area (Å²) in [6, 6.07) is 56.6. The van der Waals surface area contributed by atoms with E-state index in [1.54, 1.807) is 0 Å². The number of fused-ring (bicyclic) bond motifs is 6. The first-order valence-electron chi connectivity index (χ1n) is 16.4.